The molecular formula is C22H19Cl2N3O3S. The molecule has 0 unspecified atom stereocenters. The maximum absolute atomic E-state index is 13.4. The van der Waals surface area contributed by atoms with Gasteiger partial charge in [0.05, 0.1) is 26.3 Å². The first-order valence-electron chi connectivity index (χ1n) is 9.54. The average Bonchev–Trinajstić information content (AvgIpc) is 2.77. The monoisotopic (exact) mass is 475 g/mol. The summed E-state index contributed by atoms with van der Waals surface area (Å²) in [6, 6.07) is 16.3. The van der Waals surface area contributed by atoms with Crippen molar-refractivity contribution in [2.24, 2.45) is 0 Å². The quantitative estimate of drug-likeness (QED) is 0.520. The lowest BCUT2D eigenvalue weighted by Gasteiger charge is -2.30. The molecule has 0 bridgehead atoms. The van der Waals surface area contributed by atoms with E-state index in [1.807, 2.05) is 18.2 Å². The number of hydrogen-bond acceptors (Lipinski definition) is 4. The molecular weight excluding hydrogens is 457 g/mol. The summed E-state index contributed by atoms with van der Waals surface area (Å²) in [5, 5.41) is 3.09. The van der Waals surface area contributed by atoms with Crippen molar-refractivity contribution in [3.05, 3.63) is 81.8 Å². The van der Waals surface area contributed by atoms with Crippen LogP contribution in [0, 0.1) is 0 Å². The van der Waals surface area contributed by atoms with E-state index in [9.17, 15) is 13.2 Å². The van der Waals surface area contributed by atoms with Crippen LogP contribution in [0.3, 0.4) is 0 Å². The highest BCUT2D eigenvalue weighted by molar-refractivity contribution is 7.92. The average molecular weight is 476 g/mol. The number of halogens is 2. The topological polar surface area (TPSA) is 92.5 Å². The summed E-state index contributed by atoms with van der Waals surface area (Å²) in [6.45, 7) is 0.387. The van der Waals surface area contributed by atoms with Crippen LogP contribution in [0.2, 0.25) is 10.0 Å². The van der Waals surface area contributed by atoms with E-state index in [1.54, 1.807) is 18.2 Å². The summed E-state index contributed by atoms with van der Waals surface area (Å²) in [4.78, 5) is 12.8. The van der Waals surface area contributed by atoms with Crippen LogP contribution >= 0.6 is 23.2 Å². The second-order valence-electron chi connectivity index (χ2n) is 7.14. The number of aryl methyl sites for hydroxylation is 1. The van der Waals surface area contributed by atoms with Gasteiger partial charge in [-0.05, 0) is 54.8 Å². The first kappa shape index (κ1) is 21.5. The number of rotatable bonds is 4. The normalized spacial score (nSPS) is 13.5. The molecule has 3 N–H and O–H groups in total. The minimum absolute atomic E-state index is 0.0465. The minimum atomic E-state index is -3.83. The largest absolute Gasteiger partial charge is 0.396 e. The van der Waals surface area contributed by atoms with Crippen molar-refractivity contribution < 1.29 is 13.2 Å². The zero-order chi connectivity index (χ0) is 22.2. The number of nitrogen functional groups attached to an aromatic ring is 1. The van der Waals surface area contributed by atoms with Gasteiger partial charge in [-0.15, -0.1) is 0 Å². The van der Waals surface area contributed by atoms with Crippen molar-refractivity contribution in [1.82, 2.24) is 0 Å². The number of hydrogen-bond donors (Lipinski definition) is 2. The van der Waals surface area contributed by atoms with Gasteiger partial charge in [0.15, 0.2) is 0 Å². The lowest BCUT2D eigenvalue weighted by Crippen LogP contribution is -2.35. The van der Waals surface area contributed by atoms with Crippen molar-refractivity contribution in [3.8, 4) is 0 Å². The molecule has 0 saturated heterocycles. The van der Waals surface area contributed by atoms with Crippen LogP contribution in [0.5, 0.6) is 0 Å². The third kappa shape index (κ3) is 4.21. The van der Waals surface area contributed by atoms with Crippen LogP contribution in [0.15, 0.2) is 65.6 Å². The Morgan fingerprint density at radius 2 is 1.71 bits per heavy atom. The van der Waals surface area contributed by atoms with E-state index in [-0.39, 0.29) is 26.2 Å². The van der Waals surface area contributed by atoms with Gasteiger partial charge >= 0.3 is 0 Å². The molecule has 1 aliphatic heterocycles. The fraction of sp³-hybridized carbons (Fsp3) is 0.136. The van der Waals surface area contributed by atoms with E-state index < -0.39 is 15.9 Å². The Kier molecular flexibility index (Phi) is 5.83. The summed E-state index contributed by atoms with van der Waals surface area (Å²) in [5.41, 5.74) is 8.15. The third-order valence-corrected chi connectivity index (χ3v) is 7.52. The van der Waals surface area contributed by atoms with Crippen LogP contribution in [0.4, 0.5) is 17.1 Å². The number of carbonyl (C=O) groups excluding carboxylic acids is 1. The highest BCUT2D eigenvalue weighted by atomic mass is 35.5. The number of amides is 1. The summed E-state index contributed by atoms with van der Waals surface area (Å²) in [5.74, 6) is -0.493. The Bertz CT molecular complexity index is 1260. The van der Waals surface area contributed by atoms with E-state index in [4.69, 9.17) is 28.9 Å². The first-order valence-corrected chi connectivity index (χ1v) is 11.7. The molecule has 9 heteroatoms. The molecule has 0 aliphatic carbocycles. The van der Waals surface area contributed by atoms with E-state index in [2.05, 4.69) is 5.32 Å². The summed E-state index contributed by atoms with van der Waals surface area (Å²) in [7, 11) is -3.83. The van der Waals surface area contributed by atoms with Gasteiger partial charge in [0, 0.05) is 17.8 Å². The second kappa shape index (κ2) is 8.42. The van der Waals surface area contributed by atoms with Crippen molar-refractivity contribution >= 4 is 56.2 Å². The van der Waals surface area contributed by atoms with Gasteiger partial charge in [-0.1, -0.05) is 47.5 Å². The van der Waals surface area contributed by atoms with Gasteiger partial charge in [0.25, 0.3) is 15.9 Å². The number of carbonyl (C=O) groups is 1. The van der Waals surface area contributed by atoms with Gasteiger partial charge in [-0.3, -0.25) is 9.10 Å². The van der Waals surface area contributed by atoms with E-state index in [0.29, 0.717) is 17.9 Å². The number of nitrogens with two attached hydrogens (primary N) is 1. The second-order valence-corrected chi connectivity index (χ2v) is 9.82. The zero-order valence-corrected chi connectivity index (χ0v) is 18.6. The predicted molar refractivity (Wildman–Crippen MR) is 125 cm³/mol. The van der Waals surface area contributed by atoms with Gasteiger partial charge in [-0.25, -0.2) is 8.42 Å². The Hall–Kier alpha value is -2.74. The number of nitrogens with zero attached hydrogens (tertiary/aromatic N) is 1. The number of anilines is 3. The molecule has 1 amide bonds. The van der Waals surface area contributed by atoms with Crippen molar-refractivity contribution in [2.75, 3.05) is 21.9 Å². The van der Waals surface area contributed by atoms with Crippen LogP contribution in [-0.2, 0) is 16.4 Å². The van der Waals surface area contributed by atoms with E-state index in [1.165, 1.54) is 28.6 Å². The predicted octanol–water partition coefficient (Wildman–Crippen LogP) is 4.97. The number of nitrogens with one attached hydrogen (secondary N) is 1. The first-order chi connectivity index (χ1) is 14.8. The van der Waals surface area contributed by atoms with Crippen LogP contribution in [0.25, 0.3) is 0 Å². The zero-order valence-electron chi connectivity index (χ0n) is 16.3. The molecule has 0 radical (unpaired) electrons. The fourth-order valence-electron chi connectivity index (χ4n) is 3.53. The number of fused-ring (bicyclic) bond motifs is 1. The minimum Gasteiger partial charge on any atom is -0.396 e. The fourth-order valence-corrected chi connectivity index (χ4v) is 5.61. The van der Waals surface area contributed by atoms with Gasteiger partial charge < -0.3 is 11.1 Å². The van der Waals surface area contributed by atoms with E-state index >= 15 is 0 Å². The van der Waals surface area contributed by atoms with Crippen LogP contribution in [0.1, 0.15) is 22.3 Å². The Labute approximate surface area is 190 Å². The van der Waals surface area contributed by atoms with Crippen molar-refractivity contribution in [2.45, 2.75) is 17.7 Å². The smallest absolute Gasteiger partial charge is 0.264 e. The maximum Gasteiger partial charge on any atom is 0.264 e. The highest BCUT2D eigenvalue weighted by Crippen LogP contribution is 2.33. The Morgan fingerprint density at radius 3 is 2.45 bits per heavy atom. The lowest BCUT2D eigenvalue weighted by atomic mass is 10.0. The van der Waals surface area contributed by atoms with Gasteiger partial charge in [-0.2, -0.15) is 0 Å². The SMILES string of the molecule is Nc1c(Cl)cc(NC(=O)c2cccc(S(=O)(=O)N3CCCc4ccccc43)c2)cc1Cl. The van der Waals surface area contributed by atoms with Gasteiger partial charge in [0.1, 0.15) is 0 Å². The molecule has 0 saturated carbocycles. The highest BCUT2D eigenvalue weighted by Gasteiger charge is 2.29. The van der Waals surface area contributed by atoms with Gasteiger partial charge in [0.2, 0.25) is 0 Å². The molecule has 1 aliphatic rings. The molecule has 6 nitrogen and oxygen atoms in total. The molecule has 0 spiro atoms. The molecule has 3 aromatic carbocycles. The molecule has 0 fully saturated rings. The molecule has 31 heavy (non-hydrogen) atoms. The Morgan fingerprint density at radius 1 is 1.00 bits per heavy atom. The lowest BCUT2D eigenvalue weighted by molar-refractivity contribution is 0.102. The van der Waals surface area contributed by atoms with E-state index in [0.717, 1.165) is 18.4 Å². The van der Waals surface area contributed by atoms with Crippen molar-refractivity contribution in [3.63, 3.8) is 0 Å². The van der Waals surface area contributed by atoms with Crippen LogP contribution < -0.4 is 15.4 Å². The molecule has 3 aromatic rings. The maximum atomic E-state index is 13.4. The molecule has 1 heterocycles. The third-order valence-electron chi connectivity index (χ3n) is 5.09. The summed E-state index contributed by atoms with van der Waals surface area (Å²) < 4.78 is 28.1. The van der Waals surface area contributed by atoms with Crippen LogP contribution in [-0.4, -0.2) is 20.9 Å². The molecule has 0 atom stereocenters. The standard InChI is InChI=1S/C22H19Cl2N3O3S/c23-18-12-16(13-19(24)21(18)25)26-22(28)15-6-3-8-17(11-15)31(29,30)27-10-4-7-14-5-1-2-9-20(14)27/h1-3,5-6,8-9,11-13H,4,7,10,25H2,(H,26,28). The van der Waals surface area contributed by atoms with Crippen molar-refractivity contribution in [1.29, 1.82) is 0 Å². The number of para-hydroxylation sites is 1. The molecule has 0 aromatic heterocycles. The summed E-state index contributed by atoms with van der Waals surface area (Å²) >= 11 is 12.0. The molecule has 160 valence electrons. The number of sulfonamides is 1. The Balaban J connectivity index is 1.63. The molecule has 4 rings (SSSR count). The summed E-state index contributed by atoms with van der Waals surface area (Å²) in [6.07, 6.45) is 1.56. The number of benzene rings is 3.